The average Bonchev–Trinajstić information content (AvgIpc) is 2.99. The summed E-state index contributed by atoms with van der Waals surface area (Å²) in [5.41, 5.74) is 0.694. The zero-order chi connectivity index (χ0) is 12.5. The Morgan fingerprint density at radius 2 is 2.28 bits per heavy atom. The minimum absolute atomic E-state index is 0.320. The van der Waals surface area contributed by atoms with Crippen molar-refractivity contribution in [3.8, 4) is 11.5 Å². The summed E-state index contributed by atoms with van der Waals surface area (Å²) in [5.74, 6) is 1.53. The van der Waals surface area contributed by atoms with Gasteiger partial charge in [-0.2, -0.15) is 4.98 Å². The van der Waals surface area contributed by atoms with Gasteiger partial charge in [0.2, 0.25) is 11.7 Å². The number of rotatable bonds is 2. The molecule has 1 atom stereocenters. The molecule has 1 saturated heterocycles. The molecule has 2 aromatic rings. The third-order valence-corrected chi connectivity index (χ3v) is 3.91. The van der Waals surface area contributed by atoms with Gasteiger partial charge < -0.3 is 9.84 Å². The van der Waals surface area contributed by atoms with Crippen molar-refractivity contribution in [1.29, 1.82) is 0 Å². The van der Waals surface area contributed by atoms with Crippen LogP contribution in [0.15, 0.2) is 25.7 Å². The maximum atomic E-state index is 5.31. The molecule has 0 bridgehead atoms. The van der Waals surface area contributed by atoms with Crippen molar-refractivity contribution in [2.75, 3.05) is 13.1 Å². The SMILES string of the molecule is Brc1cnc(-c2noc(C3CCNC3)n2)c(Br)c1. The van der Waals surface area contributed by atoms with Crippen LogP contribution in [-0.4, -0.2) is 28.2 Å². The molecule has 0 aromatic carbocycles. The van der Waals surface area contributed by atoms with Crippen LogP contribution < -0.4 is 5.32 Å². The van der Waals surface area contributed by atoms with E-state index in [-0.39, 0.29) is 0 Å². The third kappa shape index (κ3) is 2.34. The molecule has 0 spiro atoms. The fourth-order valence-electron chi connectivity index (χ4n) is 1.94. The Bertz CT molecular complexity index is 566. The van der Waals surface area contributed by atoms with Gasteiger partial charge in [0.25, 0.3) is 0 Å². The predicted octanol–water partition coefficient (Wildman–Crippen LogP) is 2.73. The highest BCUT2D eigenvalue weighted by Crippen LogP contribution is 2.28. The van der Waals surface area contributed by atoms with E-state index in [0.29, 0.717) is 23.3 Å². The van der Waals surface area contributed by atoms with E-state index in [0.717, 1.165) is 28.5 Å². The third-order valence-electron chi connectivity index (χ3n) is 2.87. The molecular formula is C11H10Br2N4O. The lowest BCUT2D eigenvalue weighted by Gasteiger charge is -1.99. The molecule has 3 heterocycles. The fourth-order valence-corrected chi connectivity index (χ4v) is 3.11. The second-order valence-electron chi connectivity index (χ2n) is 4.13. The molecule has 5 nitrogen and oxygen atoms in total. The summed E-state index contributed by atoms with van der Waals surface area (Å²) in [6.07, 6.45) is 2.75. The van der Waals surface area contributed by atoms with Crippen molar-refractivity contribution in [2.24, 2.45) is 0 Å². The first-order chi connectivity index (χ1) is 8.74. The maximum Gasteiger partial charge on any atom is 0.231 e. The van der Waals surface area contributed by atoms with E-state index in [9.17, 15) is 0 Å². The first kappa shape index (κ1) is 12.3. The number of aromatic nitrogens is 3. The van der Waals surface area contributed by atoms with Gasteiger partial charge in [-0.25, -0.2) is 0 Å². The molecule has 0 saturated carbocycles. The standard InChI is InChI=1S/C11H10Br2N4O/c12-7-3-8(13)9(15-5-7)10-16-11(18-17-10)6-1-2-14-4-6/h3,5-6,14H,1-2,4H2. The van der Waals surface area contributed by atoms with E-state index in [2.05, 4.69) is 52.3 Å². The van der Waals surface area contributed by atoms with Crippen LogP contribution >= 0.6 is 31.9 Å². The van der Waals surface area contributed by atoms with Crippen LogP contribution in [0.4, 0.5) is 0 Å². The second-order valence-corrected chi connectivity index (χ2v) is 5.90. The lowest BCUT2D eigenvalue weighted by atomic mass is 10.1. The van der Waals surface area contributed by atoms with E-state index in [1.165, 1.54) is 0 Å². The lowest BCUT2D eigenvalue weighted by Crippen LogP contribution is -2.08. The molecule has 2 aromatic heterocycles. The summed E-state index contributed by atoms with van der Waals surface area (Å²) in [7, 11) is 0. The maximum absolute atomic E-state index is 5.31. The van der Waals surface area contributed by atoms with Crippen molar-refractivity contribution >= 4 is 31.9 Å². The summed E-state index contributed by atoms with van der Waals surface area (Å²) < 4.78 is 7.06. The van der Waals surface area contributed by atoms with Crippen LogP contribution in [0.5, 0.6) is 0 Å². The number of pyridine rings is 1. The zero-order valence-electron chi connectivity index (χ0n) is 9.36. The van der Waals surface area contributed by atoms with Gasteiger partial charge in [-0.3, -0.25) is 4.98 Å². The van der Waals surface area contributed by atoms with Gasteiger partial charge in [0, 0.05) is 21.7 Å². The molecule has 7 heteroatoms. The molecule has 1 N–H and O–H groups in total. The molecule has 1 aliphatic rings. The molecule has 0 aliphatic carbocycles. The van der Waals surface area contributed by atoms with Crippen LogP contribution in [0, 0.1) is 0 Å². The Labute approximate surface area is 121 Å². The first-order valence-electron chi connectivity index (χ1n) is 5.60. The topological polar surface area (TPSA) is 63.8 Å². The van der Waals surface area contributed by atoms with E-state index < -0.39 is 0 Å². The number of halogens is 2. The second kappa shape index (κ2) is 5.07. The molecular weight excluding hydrogens is 364 g/mol. The summed E-state index contributed by atoms with van der Waals surface area (Å²) in [6, 6.07) is 1.91. The fraction of sp³-hybridized carbons (Fsp3) is 0.364. The smallest absolute Gasteiger partial charge is 0.231 e. The lowest BCUT2D eigenvalue weighted by molar-refractivity contribution is 0.359. The summed E-state index contributed by atoms with van der Waals surface area (Å²) in [5, 5.41) is 7.28. The Hall–Kier alpha value is -0.790. The summed E-state index contributed by atoms with van der Waals surface area (Å²) >= 11 is 6.81. The molecule has 94 valence electrons. The highest BCUT2D eigenvalue weighted by molar-refractivity contribution is 9.11. The Balaban J connectivity index is 1.92. The zero-order valence-corrected chi connectivity index (χ0v) is 12.5. The number of hydrogen-bond acceptors (Lipinski definition) is 5. The van der Waals surface area contributed by atoms with Gasteiger partial charge in [0.05, 0.1) is 5.92 Å². The van der Waals surface area contributed by atoms with Gasteiger partial charge in [-0.15, -0.1) is 0 Å². The molecule has 18 heavy (non-hydrogen) atoms. The largest absolute Gasteiger partial charge is 0.339 e. The highest BCUT2D eigenvalue weighted by Gasteiger charge is 2.23. The molecule has 1 aliphatic heterocycles. The molecule has 3 rings (SSSR count). The molecule has 0 amide bonds. The monoisotopic (exact) mass is 372 g/mol. The van der Waals surface area contributed by atoms with Gasteiger partial charge in [-0.05, 0) is 50.9 Å². The van der Waals surface area contributed by atoms with E-state index >= 15 is 0 Å². The van der Waals surface area contributed by atoms with E-state index in [4.69, 9.17) is 4.52 Å². The number of hydrogen-bond donors (Lipinski definition) is 1. The van der Waals surface area contributed by atoms with Crippen molar-refractivity contribution in [2.45, 2.75) is 12.3 Å². The molecule has 1 unspecified atom stereocenters. The quantitative estimate of drug-likeness (QED) is 0.876. The number of nitrogens with zero attached hydrogens (tertiary/aromatic N) is 3. The van der Waals surface area contributed by atoms with Crippen molar-refractivity contribution in [3.63, 3.8) is 0 Å². The van der Waals surface area contributed by atoms with Gasteiger partial charge >= 0.3 is 0 Å². The van der Waals surface area contributed by atoms with Crippen molar-refractivity contribution < 1.29 is 4.52 Å². The first-order valence-corrected chi connectivity index (χ1v) is 7.18. The average molecular weight is 374 g/mol. The van der Waals surface area contributed by atoms with Crippen molar-refractivity contribution in [1.82, 2.24) is 20.4 Å². The van der Waals surface area contributed by atoms with Gasteiger partial charge in [0.15, 0.2) is 0 Å². The van der Waals surface area contributed by atoms with E-state index in [1.54, 1.807) is 6.20 Å². The van der Waals surface area contributed by atoms with Crippen LogP contribution in [-0.2, 0) is 0 Å². The highest BCUT2D eigenvalue weighted by atomic mass is 79.9. The van der Waals surface area contributed by atoms with E-state index in [1.807, 2.05) is 6.07 Å². The predicted molar refractivity (Wildman–Crippen MR) is 73.2 cm³/mol. The van der Waals surface area contributed by atoms with Crippen LogP contribution in [0.3, 0.4) is 0 Å². The Morgan fingerprint density at radius 1 is 1.39 bits per heavy atom. The minimum atomic E-state index is 0.320. The summed E-state index contributed by atoms with van der Waals surface area (Å²) in [4.78, 5) is 8.72. The Kier molecular flexibility index (Phi) is 3.45. The van der Waals surface area contributed by atoms with Gasteiger partial charge in [0.1, 0.15) is 5.69 Å². The van der Waals surface area contributed by atoms with Gasteiger partial charge in [-0.1, -0.05) is 5.16 Å². The summed E-state index contributed by atoms with van der Waals surface area (Å²) in [6.45, 7) is 1.90. The minimum Gasteiger partial charge on any atom is -0.339 e. The normalized spacial score (nSPS) is 19.3. The van der Waals surface area contributed by atoms with Crippen molar-refractivity contribution in [3.05, 3.63) is 27.1 Å². The van der Waals surface area contributed by atoms with Crippen LogP contribution in [0.25, 0.3) is 11.5 Å². The molecule has 1 fully saturated rings. The van der Waals surface area contributed by atoms with Crippen LogP contribution in [0.2, 0.25) is 0 Å². The molecule has 0 radical (unpaired) electrons. The number of nitrogens with one attached hydrogen (secondary N) is 1. The Morgan fingerprint density at radius 3 is 3.00 bits per heavy atom. The van der Waals surface area contributed by atoms with Crippen LogP contribution in [0.1, 0.15) is 18.2 Å².